The molecule has 1 aliphatic carbocycles. The van der Waals surface area contributed by atoms with Crippen LogP contribution in [0.2, 0.25) is 0 Å². The fourth-order valence-electron chi connectivity index (χ4n) is 2.63. The first-order valence-electron chi connectivity index (χ1n) is 6.59. The van der Waals surface area contributed by atoms with Crippen LogP contribution < -0.4 is 5.32 Å². The number of hydrogen-bond donors (Lipinski definition) is 3. The standard InChI is InChI=1S/C13H23NO4/c1-8(2)6-9(7-15)14-12(16)10-4-3-5-11(10)13(17)18/h8-11,15H,3-7H2,1-2H3,(H,14,16)(H,17,18)/t9?,10-,11+/m1/s1. The van der Waals surface area contributed by atoms with Gasteiger partial charge < -0.3 is 15.5 Å². The molecule has 0 bridgehead atoms. The summed E-state index contributed by atoms with van der Waals surface area (Å²) in [7, 11) is 0. The largest absolute Gasteiger partial charge is 0.481 e. The van der Waals surface area contributed by atoms with E-state index in [2.05, 4.69) is 5.32 Å². The Morgan fingerprint density at radius 3 is 2.39 bits per heavy atom. The lowest BCUT2D eigenvalue weighted by Crippen LogP contribution is -2.43. The quantitative estimate of drug-likeness (QED) is 0.663. The van der Waals surface area contributed by atoms with Crippen LogP contribution in [0.25, 0.3) is 0 Å². The molecule has 1 amide bonds. The highest BCUT2D eigenvalue weighted by atomic mass is 16.4. The van der Waals surface area contributed by atoms with Crippen LogP contribution >= 0.6 is 0 Å². The number of hydrogen-bond acceptors (Lipinski definition) is 3. The Labute approximate surface area is 108 Å². The average Bonchev–Trinajstić information content (AvgIpc) is 2.76. The Hall–Kier alpha value is -1.10. The SMILES string of the molecule is CC(C)CC(CO)NC(=O)[C@@H]1CCC[C@@H]1C(=O)O. The van der Waals surface area contributed by atoms with Gasteiger partial charge in [-0.25, -0.2) is 0 Å². The lowest BCUT2D eigenvalue weighted by atomic mass is 9.94. The van der Waals surface area contributed by atoms with Crippen LogP contribution in [0, 0.1) is 17.8 Å². The van der Waals surface area contributed by atoms with Crippen LogP contribution in [0.4, 0.5) is 0 Å². The van der Waals surface area contributed by atoms with Gasteiger partial charge in [-0.2, -0.15) is 0 Å². The van der Waals surface area contributed by atoms with Crippen LogP contribution in [-0.2, 0) is 9.59 Å². The fourth-order valence-corrected chi connectivity index (χ4v) is 2.63. The van der Waals surface area contributed by atoms with Gasteiger partial charge in [0.2, 0.25) is 5.91 Å². The van der Waals surface area contributed by atoms with Gasteiger partial charge >= 0.3 is 5.97 Å². The van der Waals surface area contributed by atoms with Gasteiger partial charge in [-0.05, 0) is 25.2 Å². The van der Waals surface area contributed by atoms with Crippen LogP contribution in [0.3, 0.4) is 0 Å². The molecular weight excluding hydrogens is 234 g/mol. The Morgan fingerprint density at radius 2 is 1.89 bits per heavy atom. The second-order valence-electron chi connectivity index (χ2n) is 5.50. The summed E-state index contributed by atoms with van der Waals surface area (Å²) in [6, 6.07) is -0.271. The first-order chi connectivity index (χ1) is 8.45. The lowest BCUT2D eigenvalue weighted by molar-refractivity contribution is -0.146. The maximum Gasteiger partial charge on any atom is 0.307 e. The number of nitrogens with one attached hydrogen (secondary N) is 1. The molecule has 3 N–H and O–H groups in total. The van der Waals surface area contributed by atoms with Gasteiger partial charge in [0.05, 0.1) is 24.5 Å². The van der Waals surface area contributed by atoms with Crippen molar-refractivity contribution in [3.8, 4) is 0 Å². The van der Waals surface area contributed by atoms with Crippen molar-refractivity contribution >= 4 is 11.9 Å². The average molecular weight is 257 g/mol. The third kappa shape index (κ3) is 3.98. The molecule has 104 valence electrons. The number of carboxylic acids is 1. The first kappa shape index (κ1) is 15.0. The minimum atomic E-state index is -0.892. The third-order valence-corrected chi connectivity index (χ3v) is 3.49. The zero-order valence-corrected chi connectivity index (χ0v) is 11.1. The normalized spacial score (nSPS) is 25.1. The van der Waals surface area contributed by atoms with Gasteiger partial charge in [-0.1, -0.05) is 20.3 Å². The number of aliphatic hydroxyl groups excluding tert-OH is 1. The van der Waals surface area contributed by atoms with E-state index in [1.54, 1.807) is 0 Å². The van der Waals surface area contributed by atoms with E-state index in [-0.39, 0.29) is 18.6 Å². The molecule has 1 rings (SSSR count). The van der Waals surface area contributed by atoms with E-state index in [9.17, 15) is 14.7 Å². The maximum atomic E-state index is 12.0. The predicted octanol–water partition coefficient (Wildman–Crippen LogP) is 1.01. The molecule has 1 aliphatic rings. The molecule has 18 heavy (non-hydrogen) atoms. The summed E-state index contributed by atoms with van der Waals surface area (Å²) < 4.78 is 0. The molecule has 1 saturated carbocycles. The van der Waals surface area contributed by atoms with Gasteiger partial charge in [0, 0.05) is 0 Å². The Kier molecular flexibility index (Phi) is 5.59. The van der Waals surface area contributed by atoms with Crippen molar-refractivity contribution in [1.82, 2.24) is 5.32 Å². The van der Waals surface area contributed by atoms with Crippen molar-refractivity contribution in [2.24, 2.45) is 17.8 Å². The predicted molar refractivity (Wildman–Crippen MR) is 66.9 cm³/mol. The second kappa shape index (κ2) is 6.73. The number of carboxylic acid groups (broad SMARTS) is 1. The molecule has 0 heterocycles. The Morgan fingerprint density at radius 1 is 1.28 bits per heavy atom. The van der Waals surface area contributed by atoms with E-state index >= 15 is 0 Å². The van der Waals surface area contributed by atoms with Crippen LogP contribution in [0.5, 0.6) is 0 Å². The van der Waals surface area contributed by atoms with Crippen molar-refractivity contribution < 1.29 is 19.8 Å². The molecule has 5 heteroatoms. The van der Waals surface area contributed by atoms with Crippen molar-refractivity contribution in [2.45, 2.75) is 45.6 Å². The highest BCUT2D eigenvalue weighted by Gasteiger charge is 2.38. The summed E-state index contributed by atoms with van der Waals surface area (Å²) in [6.45, 7) is 3.93. The monoisotopic (exact) mass is 257 g/mol. The molecule has 0 spiro atoms. The first-order valence-corrected chi connectivity index (χ1v) is 6.59. The molecule has 0 aromatic heterocycles. The van der Waals surface area contributed by atoms with Crippen molar-refractivity contribution in [3.05, 3.63) is 0 Å². The molecule has 0 aliphatic heterocycles. The van der Waals surface area contributed by atoms with Gasteiger partial charge in [-0.3, -0.25) is 9.59 Å². The van der Waals surface area contributed by atoms with E-state index in [0.29, 0.717) is 25.2 Å². The molecule has 0 aromatic rings. The highest BCUT2D eigenvalue weighted by Crippen LogP contribution is 2.32. The molecular formula is C13H23NO4. The van der Waals surface area contributed by atoms with E-state index in [1.165, 1.54) is 0 Å². The summed E-state index contributed by atoms with van der Waals surface area (Å²) in [4.78, 5) is 23.0. The van der Waals surface area contributed by atoms with Gasteiger partial charge in [0.15, 0.2) is 0 Å². The number of aliphatic carboxylic acids is 1. The molecule has 1 fully saturated rings. The second-order valence-corrected chi connectivity index (χ2v) is 5.50. The minimum absolute atomic E-state index is 0.103. The topological polar surface area (TPSA) is 86.6 Å². The Bertz CT molecular complexity index is 303. The highest BCUT2D eigenvalue weighted by molar-refractivity contribution is 5.85. The molecule has 1 unspecified atom stereocenters. The van der Waals surface area contributed by atoms with Gasteiger partial charge in [-0.15, -0.1) is 0 Å². The zero-order chi connectivity index (χ0) is 13.7. The minimum Gasteiger partial charge on any atom is -0.481 e. The summed E-state index contributed by atoms with van der Waals surface area (Å²) in [5, 5.41) is 21.0. The van der Waals surface area contributed by atoms with Crippen LogP contribution in [0.15, 0.2) is 0 Å². The number of amides is 1. The molecule has 0 saturated heterocycles. The molecule has 3 atom stereocenters. The number of aliphatic hydroxyl groups is 1. The van der Waals surface area contributed by atoms with E-state index in [0.717, 1.165) is 6.42 Å². The zero-order valence-electron chi connectivity index (χ0n) is 11.1. The summed E-state index contributed by atoms with van der Waals surface area (Å²) in [6.07, 6.45) is 2.68. The van der Waals surface area contributed by atoms with Gasteiger partial charge in [0.25, 0.3) is 0 Å². The van der Waals surface area contributed by atoms with Crippen LogP contribution in [-0.4, -0.2) is 34.7 Å². The van der Waals surface area contributed by atoms with Crippen molar-refractivity contribution in [2.75, 3.05) is 6.61 Å². The molecule has 5 nitrogen and oxygen atoms in total. The lowest BCUT2D eigenvalue weighted by Gasteiger charge is -2.22. The Balaban J connectivity index is 2.55. The van der Waals surface area contributed by atoms with E-state index < -0.39 is 17.8 Å². The summed E-state index contributed by atoms with van der Waals surface area (Å²) >= 11 is 0. The van der Waals surface area contributed by atoms with E-state index in [4.69, 9.17) is 5.11 Å². The van der Waals surface area contributed by atoms with Crippen molar-refractivity contribution in [3.63, 3.8) is 0 Å². The summed E-state index contributed by atoms with van der Waals surface area (Å²) in [5.74, 6) is -1.75. The fraction of sp³-hybridized carbons (Fsp3) is 0.846. The van der Waals surface area contributed by atoms with Gasteiger partial charge in [0.1, 0.15) is 0 Å². The third-order valence-electron chi connectivity index (χ3n) is 3.49. The molecule has 0 radical (unpaired) electrons. The van der Waals surface area contributed by atoms with Crippen molar-refractivity contribution in [1.29, 1.82) is 0 Å². The smallest absolute Gasteiger partial charge is 0.307 e. The number of carbonyl (C=O) groups is 2. The van der Waals surface area contributed by atoms with Crippen LogP contribution in [0.1, 0.15) is 39.5 Å². The number of carbonyl (C=O) groups excluding carboxylic acids is 1. The maximum absolute atomic E-state index is 12.0. The molecule has 0 aromatic carbocycles. The number of rotatable bonds is 6. The summed E-state index contributed by atoms with van der Waals surface area (Å²) in [5.41, 5.74) is 0. The van der Waals surface area contributed by atoms with E-state index in [1.807, 2.05) is 13.8 Å².